The second-order valence-electron chi connectivity index (χ2n) is 4.17. The second-order valence-corrected chi connectivity index (χ2v) is 4.17. The van der Waals surface area contributed by atoms with Crippen LogP contribution in [-0.4, -0.2) is 66.1 Å². The molecular weight excluding hydrogens is 244 g/mol. The van der Waals surface area contributed by atoms with Crippen LogP contribution in [0.4, 0.5) is 0 Å². The van der Waals surface area contributed by atoms with Gasteiger partial charge in [0.2, 0.25) is 0 Å². The molecule has 102 valence electrons. The number of aromatic nitrogens is 3. The Kier molecular flexibility index (Phi) is 3.90. The Bertz CT molecular complexity index is 400. The fraction of sp³-hybridized carbons (Fsp3) is 0.778. The first-order chi connectivity index (χ1) is 8.52. The van der Waals surface area contributed by atoms with E-state index in [-0.39, 0.29) is 13.1 Å². The summed E-state index contributed by atoms with van der Waals surface area (Å²) in [6.07, 6.45) is -5.21. The molecule has 1 aliphatic rings. The molecule has 5 unspecified atom stereocenters. The zero-order valence-corrected chi connectivity index (χ0v) is 9.49. The number of nitrogens with zero attached hydrogens (tertiary/aromatic N) is 3. The van der Waals surface area contributed by atoms with Crippen LogP contribution in [0.3, 0.4) is 0 Å². The van der Waals surface area contributed by atoms with Gasteiger partial charge in [-0.05, 0) is 0 Å². The normalized spacial score (nSPS) is 36.8. The third kappa shape index (κ3) is 2.51. The van der Waals surface area contributed by atoms with Crippen LogP contribution in [0, 0.1) is 0 Å². The molecule has 0 saturated carbocycles. The van der Waals surface area contributed by atoms with Crippen LogP contribution < -0.4 is 5.73 Å². The van der Waals surface area contributed by atoms with Gasteiger partial charge < -0.3 is 30.9 Å². The van der Waals surface area contributed by atoms with E-state index in [1.54, 1.807) is 6.20 Å². The SMILES string of the molecule is NCc1cn(CC2OC(O)C(O)C(O)C2O)nn1. The van der Waals surface area contributed by atoms with Crippen molar-refractivity contribution in [2.45, 2.75) is 43.8 Å². The van der Waals surface area contributed by atoms with Crippen LogP contribution in [-0.2, 0) is 17.8 Å². The van der Waals surface area contributed by atoms with Crippen LogP contribution in [0.25, 0.3) is 0 Å². The molecule has 1 saturated heterocycles. The highest BCUT2D eigenvalue weighted by Gasteiger charge is 2.43. The molecule has 18 heavy (non-hydrogen) atoms. The highest BCUT2D eigenvalue weighted by Crippen LogP contribution is 2.20. The number of ether oxygens (including phenoxy) is 1. The van der Waals surface area contributed by atoms with Crippen LogP contribution in [0.15, 0.2) is 6.20 Å². The maximum absolute atomic E-state index is 9.72. The van der Waals surface area contributed by atoms with E-state index in [2.05, 4.69) is 10.3 Å². The molecular formula is C9H16N4O5. The molecule has 0 bridgehead atoms. The zero-order valence-electron chi connectivity index (χ0n) is 9.49. The molecule has 5 atom stereocenters. The Morgan fingerprint density at radius 2 is 1.94 bits per heavy atom. The van der Waals surface area contributed by atoms with Crippen molar-refractivity contribution in [1.82, 2.24) is 15.0 Å². The predicted octanol–water partition coefficient (Wildman–Crippen LogP) is -3.46. The fourth-order valence-corrected chi connectivity index (χ4v) is 1.79. The lowest BCUT2D eigenvalue weighted by Gasteiger charge is -2.38. The van der Waals surface area contributed by atoms with Gasteiger partial charge >= 0.3 is 0 Å². The van der Waals surface area contributed by atoms with E-state index in [9.17, 15) is 20.4 Å². The first-order valence-corrected chi connectivity index (χ1v) is 5.49. The van der Waals surface area contributed by atoms with E-state index in [1.165, 1.54) is 4.68 Å². The Labute approximate surface area is 102 Å². The second kappa shape index (κ2) is 5.26. The van der Waals surface area contributed by atoms with Crippen LogP contribution >= 0.6 is 0 Å². The minimum absolute atomic E-state index is 0.0784. The van der Waals surface area contributed by atoms with Gasteiger partial charge in [0, 0.05) is 12.7 Å². The maximum atomic E-state index is 9.72. The zero-order chi connectivity index (χ0) is 13.3. The first-order valence-electron chi connectivity index (χ1n) is 5.49. The summed E-state index contributed by atoms with van der Waals surface area (Å²) in [5, 5.41) is 45.4. The van der Waals surface area contributed by atoms with Crippen molar-refractivity contribution < 1.29 is 25.2 Å². The Balaban J connectivity index is 2.04. The predicted molar refractivity (Wildman–Crippen MR) is 56.8 cm³/mol. The molecule has 2 heterocycles. The molecule has 0 aliphatic carbocycles. The van der Waals surface area contributed by atoms with E-state index in [4.69, 9.17) is 10.5 Å². The molecule has 1 fully saturated rings. The number of aliphatic hydroxyl groups is 4. The minimum Gasteiger partial charge on any atom is -0.388 e. The van der Waals surface area contributed by atoms with Gasteiger partial charge in [-0.2, -0.15) is 0 Å². The molecule has 2 rings (SSSR count). The summed E-state index contributed by atoms with van der Waals surface area (Å²) in [5.74, 6) is 0. The van der Waals surface area contributed by atoms with Gasteiger partial charge in [-0.3, -0.25) is 0 Å². The van der Waals surface area contributed by atoms with Crippen molar-refractivity contribution in [2.75, 3.05) is 0 Å². The lowest BCUT2D eigenvalue weighted by molar-refractivity contribution is -0.284. The van der Waals surface area contributed by atoms with E-state index in [1.807, 2.05) is 0 Å². The molecule has 1 aromatic rings. The van der Waals surface area contributed by atoms with Crippen molar-refractivity contribution in [1.29, 1.82) is 0 Å². The van der Waals surface area contributed by atoms with E-state index < -0.39 is 30.7 Å². The number of aliphatic hydroxyl groups excluding tert-OH is 4. The topological polar surface area (TPSA) is 147 Å². The molecule has 6 N–H and O–H groups in total. The number of hydrogen-bond donors (Lipinski definition) is 5. The van der Waals surface area contributed by atoms with Gasteiger partial charge in [0.1, 0.15) is 24.4 Å². The highest BCUT2D eigenvalue weighted by atomic mass is 16.6. The first kappa shape index (κ1) is 13.3. The lowest BCUT2D eigenvalue weighted by Crippen LogP contribution is -2.58. The average Bonchev–Trinajstić information content (AvgIpc) is 2.81. The quantitative estimate of drug-likeness (QED) is 0.377. The smallest absolute Gasteiger partial charge is 0.184 e. The molecule has 1 aliphatic heterocycles. The van der Waals surface area contributed by atoms with Crippen LogP contribution in [0.1, 0.15) is 5.69 Å². The number of rotatable bonds is 3. The van der Waals surface area contributed by atoms with Crippen molar-refractivity contribution in [3.05, 3.63) is 11.9 Å². The van der Waals surface area contributed by atoms with Crippen LogP contribution in [0.5, 0.6) is 0 Å². The maximum Gasteiger partial charge on any atom is 0.184 e. The monoisotopic (exact) mass is 260 g/mol. The van der Waals surface area contributed by atoms with E-state index in [0.29, 0.717) is 5.69 Å². The Morgan fingerprint density at radius 1 is 1.22 bits per heavy atom. The van der Waals surface area contributed by atoms with E-state index in [0.717, 1.165) is 0 Å². The Morgan fingerprint density at radius 3 is 2.56 bits per heavy atom. The summed E-state index contributed by atoms with van der Waals surface area (Å²) in [4.78, 5) is 0. The standard InChI is InChI=1S/C9H16N4O5/c10-1-4-2-13(12-11-4)3-5-6(14)7(15)8(16)9(17)18-5/h2,5-9,14-17H,1,3,10H2. The molecule has 0 spiro atoms. The molecule has 0 aromatic carbocycles. The van der Waals surface area contributed by atoms with Gasteiger partial charge in [-0.15, -0.1) is 5.10 Å². The summed E-state index contributed by atoms with van der Waals surface area (Å²) in [7, 11) is 0. The minimum atomic E-state index is -1.55. The van der Waals surface area contributed by atoms with Gasteiger partial charge in [-0.1, -0.05) is 5.21 Å². The van der Waals surface area contributed by atoms with Crippen LogP contribution in [0.2, 0.25) is 0 Å². The summed E-state index contributed by atoms with van der Waals surface area (Å²) in [6, 6.07) is 0. The highest BCUT2D eigenvalue weighted by molar-refractivity contribution is 4.93. The number of hydrogen-bond acceptors (Lipinski definition) is 8. The van der Waals surface area contributed by atoms with Gasteiger partial charge in [0.25, 0.3) is 0 Å². The summed E-state index contributed by atoms with van der Waals surface area (Å²) in [6.45, 7) is 0.313. The largest absolute Gasteiger partial charge is 0.388 e. The van der Waals surface area contributed by atoms with Crippen molar-refractivity contribution in [3.63, 3.8) is 0 Å². The van der Waals surface area contributed by atoms with Gasteiger partial charge in [0.05, 0.1) is 12.2 Å². The Hall–Kier alpha value is -1.10. The molecule has 9 heteroatoms. The summed E-state index contributed by atoms with van der Waals surface area (Å²) in [5.41, 5.74) is 5.95. The van der Waals surface area contributed by atoms with Gasteiger partial charge in [0.15, 0.2) is 6.29 Å². The van der Waals surface area contributed by atoms with Crippen molar-refractivity contribution >= 4 is 0 Å². The fourth-order valence-electron chi connectivity index (χ4n) is 1.79. The molecule has 9 nitrogen and oxygen atoms in total. The van der Waals surface area contributed by atoms with Crippen molar-refractivity contribution in [2.24, 2.45) is 5.73 Å². The third-order valence-corrected chi connectivity index (χ3v) is 2.85. The van der Waals surface area contributed by atoms with E-state index >= 15 is 0 Å². The third-order valence-electron chi connectivity index (χ3n) is 2.85. The van der Waals surface area contributed by atoms with Gasteiger partial charge in [-0.25, -0.2) is 4.68 Å². The lowest BCUT2D eigenvalue weighted by atomic mass is 9.99. The molecule has 1 aromatic heterocycles. The van der Waals surface area contributed by atoms with Crippen molar-refractivity contribution in [3.8, 4) is 0 Å². The molecule has 0 radical (unpaired) electrons. The summed E-state index contributed by atoms with van der Waals surface area (Å²) >= 11 is 0. The summed E-state index contributed by atoms with van der Waals surface area (Å²) < 4.78 is 6.39. The average molecular weight is 260 g/mol. The number of nitrogens with two attached hydrogens (primary N) is 1. The molecule has 0 amide bonds.